The van der Waals surface area contributed by atoms with E-state index in [2.05, 4.69) is 72.7 Å². The van der Waals surface area contributed by atoms with Crippen LogP contribution in [0.15, 0.2) is 24.3 Å². The fraction of sp³-hybridized carbons (Fsp3) is 0.731. The van der Waals surface area contributed by atoms with E-state index in [0.29, 0.717) is 219 Å². The van der Waals surface area contributed by atoms with Crippen LogP contribution in [0.1, 0.15) is 83.9 Å². The fourth-order valence-corrected chi connectivity index (χ4v) is 14.2. The van der Waals surface area contributed by atoms with E-state index in [1.165, 1.54) is 28.4 Å². The lowest BCUT2D eigenvalue weighted by atomic mass is 9.95. The Balaban J connectivity index is 1.53. The standard InChI is InChI=1S/C67H108O22S6/c1-9-52(10-2)48-85-35-34-78-21-20-75-23-27-82-39-43-89-62-61(88-42-38-81-26-22-74-19-18-73-17-16-72-11-3)65(95-66(62)55-14-15-56(93-55)67(6,7)8)54-13-12-53(92-54)64-60(87-41-37-80-29-25-77-31-33-84-45-47-91-50-58(70)71)59(63(94-64)51(4)5)86-40-36-79-28-24-76-30-32-83-44-46-90-49-57(68)69/h12-15,51-52H,9-11,16-50H2,1-8H3,(H,68,69)(H,70,71). The van der Waals surface area contributed by atoms with Crippen molar-refractivity contribution in [1.82, 2.24) is 0 Å². The van der Waals surface area contributed by atoms with E-state index in [1.54, 1.807) is 45.3 Å². The quantitative estimate of drug-likeness (QED) is 0.0390. The Morgan fingerprint density at radius 3 is 1.03 bits per heavy atom. The Morgan fingerprint density at radius 2 is 0.695 bits per heavy atom. The van der Waals surface area contributed by atoms with Crippen LogP contribution in [0.5, 0.6) is 23.0 Å². The van der Waals surface area contributed by atoms with Gasteiger partial charge in [-0.15, -0.1) is 68.9 Å². The van der Waals surface area contributed by atoms with Crippen LogP contribution in [0.2, 0.25) is 0 Å². The molecule has 4 aromatic rings. The predicted molar refractivity (Wildman–Crippen MR) is 380 cm³/mol. The molecule has 22 nitrogen and oxygen atoms in total. The van der Waals surface area contributed by atoms with Gasteiger partial charge in [0.05, 0.1) is 203 Å². The van der Waals surface area contributed by atoms with E-state index in [4.69, 9.17) is 95.5 Å². The molecule has 0 radical (unpaired) electrons. The molecule has 0 aliphatic rings. The van der Waals surface area contributed by atoms with E-state index >= 15 is 0 Å². The van der Waals surface area contributed by atoms with E-state index in [0.717, 1.165) is 53.6 Å². The van der Waals surface area contributed by atoms with Gasteiger partial charge in [0.1, 0.15) is 26.4 Å². The van der Waals surface area contributed by atoms with Gasteiger partial charge in [-0.1, -0.05) is 61.3 Å². The van der Waals surface area contributed by atoms with Gasteiger partial charge < -0.3 is 95.5 Å². The molecule has 2 N–H and O–H groups in total. The number of rotatable bonds is 65. The summed E-state index contributed by atoms with van der Waals surface area (Å²) < 4.78 is 107. The van der Waals surface area contributed by atoms with Crippen LogP contribution in [0.3, 0.4) is 0 Å². The lowest BCUT2D eigenvalue weighted by molar-refractivity contribution is -0.134. The van der Waals surface area contributed by atoms with Crippen LogP contribution < -0.4 is 18.9 Å². The molecule has 0 aliphatic carbocycles. The minimum atomic E-state index is -0.840. The molecule has 0 spiro atoms. The summed E-state index contributed by atoms with van der Waals surface area (Å²) in [6.07, 6.45) is 2.23. The number of ether oxygens (including phenoxy) is 18. The SMILES string of the molecule is CCOCCOCCOCCOCCOc1c(-c2ccc(-c3sc(C(C)C)c(OCCOCCOCCOCCSCC(=O)O)c3OCCOCCOCCOCCSCC(=O)O)s2)sc(-c2ccc(C(C)(C)C)s2)c1OCCOCCOCCOCCOCC(CC)CC. The number of hydrogen-bond donors (Lipinski definition) is 2. The monoisotopic (exact) mass is 1460 g/mol. The molecular weight excluding hydrogens is 1350 g/mol. The largest absolute Gasteiger partial charge is 0.486 e. The molecular formula is C67H108O22S6. The third kappa shape index (κ3) is 37.4. The highest BCUT2D eigenvalue weighted by Gasteiger charge is 2.30. The van der Waals surface area contributed by atoms with Crippen LogP contribution in [0, 0.1) is 5.92 Å². The maximum atomic E-state index is 10.8. The smallest absolute Gasteiger partial charge is 0.313 e. The highest BCUT2D eigenvalue weighted by atomic mass is 32.2. The van der Waals surface area contributed by atoms with Gasteiger partial charge in [-0.05, 0) is 48.4 Å². The lowest BCUT2D eigenvalue weighted by Gasteiger charge is -2.15. The first kappa shape index (κ1) is 84.5. The number of carboxylic acids is 2. The summed E-state index contributed by atoms with van der Waals surface area (Å²) >= 11 is 9.28. The number of thiophene rings is 4. The third-order valence-corrected chi connectivity index (χ3v) is 20.9. The molecule has 0 atom stereocenters. The summed E-state index contributed by atoms with van der Waals surface area (Å²) in [6.45, 7) is 30.7. The molecule has 0 saturated heterocycles. The van der Waals surface area contributed by atoms with Crippen LogP contribution in [0.25, 0.3) is 29.3 Å². The summed E-state index contributed by atoms with van der Waals surface area (Å²) in [6, 6.07) is 8.62. The number of hydrogen-bond acceptors (Lipinski definition) is 26. The van der Waals surface area contributed by atoms with Crippen LogP contribution >= 0.6 is 68.9 Å². The minimum Gasteiger partial charge on any atom is -0.486 e. The zero-order valence-electron chi connectivity index (χ0n) is 57.3. The first-order valence-electron chi connectivity index (χ1n) is 33.0. The number of carbonyl (C=O) groups is 2. The summed E-state index contributed by atoms with van der Waals surface area (Å²) in [4.78, 5) is 29.6. The summed E-state index contributed by atoms with van der Waals surface area (Å²) in [5.41, 5.74) is -0.0688. The average Bonchev–Trinajstić information content (AvgIpc) is 1.62. The van der Waals surface area contributed by atoms with Crippen molar-refractivity contribution in [2.24, 2.45) is 5.92 Å². The lowest BCUT2D eigenvalue weighted by Crippen LogP contribution is -2.15. The predicted octanol–water partition coefficient (Wildman–Crippen LogP) is 12.2. The summed E-state index contributed by atoms with van der Waals surface area (Å²) in [5.74, 6) is 2.86. The Hall–Kier alpha value is -2.92. The van der Waals surface area contributed by atoms with Gasteiger partial charge in [-0.3, -0.25) is 9.59 Å². The topological polar surface area (TPSA) is 241 Å². The molecule has 95 heavy (non-hydrogen) atoms. The van der Waals surface area contributed by atoms with Crippen molar-refractivity contribution in [1.29, 1.82) is 0 Å². The van der Waals surface area contributed by atoms with Crippen LogP contribution in [0.4, 0.5) is 0 Å². The van der Waals surface area contributed by atoms with Gasteiger partial charge in [-0.2, -0.15) is 0 Å². The molecule has 0 unspecified atom stereocenters. The second-order valence-electron chi connectivity index (χ2n) is 22.2. The number of aliphatic carboxylic acids is 2. The summed E-state index contributed by atoms with van der Waals surface area (Å²) in [5, 5.41) is 17.7. The van der Waals surface area contributed by atoms with Crippen LogP contribution in [-0.2, 0) is 81.3 Å². The van der Waals surface area contributed by atoms with Crippen molar-refractivity contribution in [3.8, 4) is 52.3 Å². The van der Waals surface area contributed by atoms with Crippen molar-refractivity contribution < 1.29 is 105 Å². The second kappa shape index (κ2) is 53.9. The first-order chi connectivity index (χ1) is 46.3. The van der Waals surface area contributed by atoms with Gasteiger partial charge in [0.25, 0.3) is 0 Å². The minimum absolute atomic E-state index is 0.0518. The molecule has 28 heteroatoms. The Kier molecular flexibility index (Phi) is 48.0. The maximum Gasteiger partial charge on any atom is 0.313 e. The maximum absolute atomic E-state index is 10.8. The summed E-state index contributed by atoms with van der Waals surface area (Å²) in [7, 11) is 0. The van der Waals surface area contributed by atoms with Crippen LogP contribution in [-0.4, -0.2) is 257 Å². The van der Waals surface area contributed by atoms with Crippen molar-refractivity contribution in [3.63, 3.8) is 0 Å². The van der Waals surface area contributed by atoms with Gasteiger partial charge in [0.2, 0.25) is 0 Å². The molecule has 4 aromatic heterocycles. The molecule has 0 amide bonds. The molecule has 4 rings (SSSR count). The van der Waals surface area contributed by atoms with E-state index in [1.807, 2.05) is 6.92 Å². The molecule has 0 aromatic carbocycles. The van der Waals surface area contributed by atoms with Crippen molar-refractivity contribution in [2.75, 3.05) is 234 Å². The van der Waals surface area contributed by atoms with Gasteiger partial charge in [0, 0.05) is 44.2 Å². The number of carboxylic acid groups (broad SMARTS) is 2. The molecule has 0 aliphatic heterocycles. The highest BCUT2D eigenvalue weighted by molar-refractivity contribution is 8.00. The third-order valence-electron chi connectivity index (χ3n) is 13.3. The molecule has 0 bridgehead atoms. The normalized spacial score (nSPS) is 11.9. The van der Waals surface area contributed by atoms with Gasteiger partial charge in [-0.25, -0.2) is 0 Å². The van der Waals surface area contributed by atoms with Crippen molar-refractivity contribution >= 4 is 80.8 Å². The van der Waals surface area contributed by atoms with E-state index < -0.39 is 11.9 Å². The highest BCUT2D eigenvalue weighted by Crippen LogP contribution is 2.58. The van der Waals surface area contributed by atoms with Crippen molar-refractivity contribution in [2.45, 2.75) is 79.6 Å². The zero-order chi connectivity index (χ0) is 68.4. The number of thioether (sulfide) groups is 2. The van der Waals surface area contributed by atoms with Crippen molar-refractivity contribution in [3.05, 3.63) is 34.0 Å². The van der Waals surface area contributed by atoms with Gasteiger partial charge in [0.15, 0.2) is 23.0 Å². The van der Waals surface area contributed by atoms with Gasteiger partial charge >= 0.3 is 11.9 Å². The molecule has 544 valence electrons. The molecule has 0 saturated carbocycles. The second-order valence-corrected chi connectivity index (χ2v) is 28.6. The Bertz CT molecular complexity index is 2550. The van der Waals surface area contributed by atoms with E-state index in [9.17, 15) is 9.59 Å². The Labute approximate surface area is 588 Å². The first-order valence-corrected chi connectivity index (χ1v) is 38.6. The molecule has 0 fully saturated rings. The Morgan fingerprint density at radius 1 is 0.389 bits per heavy atom. The van der Waals surface area contributed by atoms with E-state index in [-0.39, 0.29) is 49.3 Å². The molecule has 4 heterocycles. The average molecular weight is 1460 g/mol. The zero-order valence-corrected chi connectivity index (χ0v) is 62.2. The fourth-order valence-electron chi connectivity index (χ4n) is 8.35.